The number of carbonyl (C=O) groups is 3. The van der Waals surface area contributed by atoms with Gasteiger partial charge >= 0.3 is 6.03 Å². The van der Waals surface area contributed by atoms with Crippen molar-refractivity contribution in [3.63, 3.8) is 0 Å². The van der Waals surface area contributed by atoms with Gasteiger partial charge in [0.15, 0.2) is 0 Å². The van der Waals surface area contributed by atoms with Gasteiger partial charge in [0.25, 0.3) is 11.8 Å². The molecule has 0 aromatic heterocycles. The number of amides is 4. The summed E-state index contributed by atoms with van der Waals surface area (Å²) in [5.41, 5.74) is 1.06. The molecule has 0 aromatic carbocycles. The van der Waals surface area contributed by atoms with Crippen molar-refractivity contribution < 1.29 is 14.4 Å². The monoisotopic (exact) mass is 251 g/mol. The minimum Gasteiger partial charge on any atom is -0.306 e. The topological polar surface area (TPSA) is 60.9 Å². The van der Waals surface area contributed by atoms with Crippen LogP contribution in [0.15, 0.2) is 11.1 Å². The van der Waals surface area contributed by atoms with Crippen LogP contribution in [0.2, 0.25) is 0 Å². The molecule has 6 nitrogen and oxygen atoms in total. The lowest BCUT2D eigenvalue weighted by molar-refractivity contribution is -0.134. The van der Waals surface area contributed by atoms with Crippen LogP contribution in [-0.2, 0) is 9.59 Å². The Balaban J connectivity index is 2.36. The maximum atomic E-state index is 12.1. The maximum Gasteiger partial charge on any atom is 0.333 e. The summed E-state index contributed by atoms with van der Waals surface area (Å²) < 4.78 is 0. The van der Waals surface area contributed by atoms with Crippen LogP contribution in [0.1, 0.15) is 12.8 Å². The zero-order valence-electron chi connectivity index (χ0n) is 10.9. The first-order valence-corrected chi connectivity index (χ1v) is 5.94. The molecule has 2 fully saturated rings. The summed E-state index contributed by atoms with van der Waals surface area (Å²) in [4.78, 5) is 39.9. The molecule has 0 N–H and O–H groups in total. The number of likely N-dealkylation sites (N-methyl/N-ethyl adjacent to an activating group) is 2. The van der Waals surface area contributed by atoms with Crippen molar-refractivity contribution in [2.24, 2.45) is 0 Å². The highest BCUT2D eigenvalue weighted by Crippen LogP contribution is 2.24. The van der Waals surface area contributed by atoms with Crippen LogP contribution in [0.4, 0.5) is 4.79 Å². The average molecular weight is 251 g/mol. The van der Waals surface area contributed by atoms with Gasteiger partial charge in [-0.15, -0.1) is 0 Å². The smallest absolute Gasteiger partial charge is 0.306 e. The highest BCUT2D eigenvalue weighted by Gasteiger charge is 2.39. The van der Waals surface area contributed by atoms with E-state index in [2.05, 4.69) is 4.90 Å². The Labute approximate surface area is 106 Å². The van der Waals surface area contributed by atoms with E-state index in [0.717, 1.165) is 28.5 Å². The normalized spacial score (nSPS) is 23.2. The summed E-state index contributed by atoms with van der Waals surface area (Å²) in [7, 11) is 4.82. The van der Waals surface area contributed by atoms with Crippen molar-refractivity contribution >= 4 is 17.8 Å². The van der Waals surface area contributed by atoms with Crippen LogP contribution in [0.3, 0.4) is 0 Å². The molecule has 0 saturated carbocycles. The third kappa shape index (κ3) is 1.92. The number of hydrogen-bond donors (Lipinski definition) is 0. The number of carbonyl (C=O) groups excluding carboxylic acids is 3. The molecule has 2 heterocycles. The first-order chi connectivity index (χ1) is 8.43. The summed E-state index contributed by atoms with van der Waals surface area (Å²) in [6.45, 7) is 1.67. The number of rotatable bonds is 0. The summed E-state index contributed by atoms with van der Waals surface area (Å²) in [5.74, 6) is -0.940. The molecule has 0 aromatic rings. The van der Waals surface area contributed by atoms with E-state index >= 15 is 0 Å². The van der Waals surface area contributed by atoms with Crippen molar-refractivity contribution in [1.29, 1.82) is 0 Å². The number of nitrogens with zero attached hydrogens (tertiary/aromatic N) is 3. The number of hydrogen-bond acceptors (Lipinski definition) is 4. The van der Waals surface area contributed by atoms with Crippen molar-refractivity contribution in [3.8, 4) is 0 Å². The molecular weight excluding hydrogens is 234 g/mol. The van der Waals surface area contributed by atoms with E-state index in [9.17, 15) is 14.4 Å². The predicted octanol–water partition coefficient (Wildman–Crippen LogP) is 0.0590. The number of urea groups is 1. The summed E-state index contributed by atoms with van der Waals surface area (Å²) in [6.07, 6.45) is 1.42. The van der Waals surface area contributed by atoms with E-state index in [0.29, 0.717) is 12.8 Å². The Morgan fingerprint density at radius 3 is 1.72 bits per heavy atom. The molecule has 2 saturated heterocycles. The van der Waals surface area contributed by atoms with E-state index in [4.69, 9.17) is 0 Å². The minimum absolute atomic E-state index is 0.188. The lowest BCUT2D eigenvalue weighted by Gasteiger charge is -2.32. The van der Waals surface area contributed by atoms with Gasteiger partial charge in [-0.3, -0.25) is 19.4 Å². The Bertz CT molecular complexity index is 419. The zero-order chi connectivity index (χ0) is 13.4. The molecule has 4 amide bonds. The Kier molecular flexibility index (Phi) is 3.21. The van der Waals surface area contributed by atoms with Crippen LogP contribution in [0.25, 0.3) is 0 Å². The quantitative estimate of drug-likeness (QED) is 0.451. The largest absolute Gasteiger partial charge is 0.333 e. The third-order valence-electron chi connectivity index (χ3n) is 3.56. The average Bonchev–Trinajstić information content (AvgIpc) is 2.36. The molecule has 0 bridgehead atoms. The zero-order valence-corrected chi connectivity index (χ0v) is 10.9. The molecule has 2 aliphatic heterocycles. The minimum atomic E-state index is -0.567. The second kappa shape index (κ2) is 4.53. The van der Waals surface area contributed by atoms with Crippen LogP contribution in [-0.4, -0.2) is 66.8 Å². The Morgan fingerprint density at radius 1 is 0.833 bits per heavy atom. The van der Waals surface area contributed by atoms with Crippen molar-refractivity contribution in [1.82, 2.24) is 14.7 Å². The standard InChI is InChI=1S/C12H17N3O3/c1-13-6-4-8(5-7-13)9-10(16)14(2)12(18)15(3)11(9)17/h4-7H2,1-3H3. The lowest BCUT2D eigenvalue weighted by atomic mass is 9.95. The van der Waals surface area contributed by atoms with Gasteiger partial charge in [0.2, 0.25) is 0 Å². The van der Waals surface area contributed by atoms with Crippen molar-refractivity contribution in [3.05, 3.63) is 11.1 Å². The fourth-order valence-corrected chi connectivity index (χ4v) is 2.27. The summed E-state index contributed by atoms with van der Waals surface area (Å²) >= 11 is 0. The van der Waals surface area contributed by atoms with E-state index < -0.39 is 17.8 Å². The first kappa shape index (κ1) is 12.8. The molecule has 18 heavy (non-hydrogen) atoms. The Hall–Kier alpha value is -1.69. The molecular formula is C12H17N3O3. The molecule has 2 aliphatic rings. The maximum absolute atomic E-state index is 12.1. The van der Waals surface area contributed by atoms with Crippen molar-refractivity contribution in [2.75, 3.05) is 34.2 Å². The van der Waals surface area contributed by atoms with Gasteiger partial charge in [-0.1, -0.05) is 0 Å². The fraction of sp³-hybridized carbons (Fsp3) is 0.583. The Morgan fingerprint density at radius 2 is 1.28 bits per heavy atom. The van der Waals surface area contributed by atoms with Gasteiger partial charge in [-0.25, -0.2) is 4.79 Å². The van der Waals surface area contributed by atoms with Gasteiger partial charge in [0.05, 0.1) is 0 Å². The van der Waals surface area contributed by atoms with Gasteiger partial charge in [0, 0.05) is 27.2 Å². The molecule has 0 spiro atoms. The second-order valence-corrected chi connectivity index (χ2v) is 4.79. The number of piperidine rings is 1. The van der Waals surface area contributed by atoms with Crippen LogP contribution in [0, 0.1) is 0 Å². The number of barbiturate groups is 1. The first-order valence-electron chi connectivity index (χ1n) is 5.94. The van der Waals surface area contributed by atoms with E-state index in [1.165, 1.54) is 14.1 Å². The summed E-state index contributed by atoms with van der Waals surface area (Å²) in [6, 6.07) is -0.567. The van der Waals surface area contributed by atoms with Gasteiger partial charge in [-0.05, 0) is 25.5 Å². The van der Waals surface area contributed by atoms with Gasteiger partial charge < -0.3 is 4.90 Å². The molecule has 0 atom stereocenters. The van der Waals surface area contributed by atoms with Crippen LogP contribution in [0.5, 0.6) is 0 Å². The van der Waals surface area contributed by atoms with E-state index in [1.54, 1.807) is 0 Å². The van der Waals surface area contributed by atoms with Crippen molar-refractivity contribution in [2.45, 2.75) is 12.8 Å². The summed E-state index contributed by atoms with van der Waals surface area (Å²) in [5, 5.41) is 0. The predicted molar refractivity (Wildman–Crippen MR) is 64.7 cm³/mol. The second-order valence-electron chi connectivity index (χ2n) is 4.79. The van der Waals surface area contributed by atoms with Crippen LogP contribution >= 0.6 is 0 Å². The molecule has 0 radical (unpaired) electrons. The number of imide groups is 2. The highest BCUT2D eigenvalue weighted by atomic mass is 16.2. The number of likely N-dealkylation sites (tertiary alicyclic amines) is 1. The lowest BCUT2D eigenvalue weighted by Crippen LogP contribution is -2.53. The SMILES string of the molecule is CN1CCC(=C2C(=O)N(C)C(=O)N(C)C2=O)CC1. The molecule has 98 valence electrons. The third-order valence-corrected chi connectivity index (χ3v) is 3.56. The molecule has 2 rings (SSSR count). The van der Waals surface area contributed by atoms with Gasteiger partial charge in [0.1, 0.15) is 5.57 Å². The van der Waals surface area contributed by atoms with Crippen LogP contribution < -0.4 is 0 Å². The van der Waals surface area contributed by atoms with Gasteiger partial charge in [-0.2, -0.15) is 0 Å². The molecule has 6 heteroatoms. The molecule has 0 aliphatic carbocycles. The fourth-order valence-electron chi connectivity index (χ4n) is 2.27. The van der Waals surface area contributed by atoms with E-state index in [1.807, 2.05) is 7.05 Å². The molecule has 0 unspecified atom stereocenters. The highest BCUT2D eigenvalue weighted by molar-refractivity contribution is 6.28. The van der Waals surface area contributed by atoms with E-state index in [-0.39, 0.29) is 5.57 Å².